The van der Waals surface area contributed by atoms with Crippen LogP contribution < -0.4 is 5.32 Å². The molecule has 0 radical (unpaired) electrons. The van der Waals surface area contributed by atoms with E-state index in [1.165, 1.54) is 4.90 Å². The van der Waals surface area contributed by atoms with Gasteiger partial charge in [-0.3, -0.25) is 19.3 Å². The van der Waals surface area contributed by atoms with Crippen molar-refractivity contribution in [3.05, 3.63) is 41.5 Å². The van der Waals surface area contributed by atoms with Crippen molar-refractivity contribution in [3.8, 4) is 0 Å². The van der Waals surface area contributed by atoms with Gasteiger partial charge in [0.25, 0.3) is 0 Å². The lowest BCUT2D eigenvalue weighted by molar-refractivity contribution is -0.140. The van der Waals surface area contributed by atoms with Gasteiger partial charge in [0.1, 0.15) is 0 Å². The average Bonchev–Trinajstić information content (AvgIpc) is 3.41. The standard InChI is InChI=1S/C22H24N2O3/c1-11-3-6-17(12(2)9-11)23-18(25)7-8-24-21(26)19-13-4-5-14(16-10-15(13)16)20(19)22(24)27/h3-6,9,13-16,19-20H,7-8,10H2,1-2H3,(H,23,25)/t13-,14+,15-,16-,19+,20-/m1/s1. The van der Waals surface area contributed by atoms with Crippen LogP contribution in [0.3, 0.4) is 0 Å². The van der Waals surface area contributed by atoms with Crippen LogP contribution in [0.15, 0.2) is 30.4 Å². The molecule has 0 unspecified atom stereocenters. The third kappa shape index (κ3) is 2.47. The van der Waals surface area contributed by atoms with Gasteiger partial charge in [0.05, 0.1) is 11.8 Å². The summed E-state index contributed by atoms with van der Waals surface area (Å²) in [6, 6.07) is 5.86. The highest BCUT2D eigenvalue weighted by Crippen LogP contribution is 2.65. The molecule has 0 aromatic heterocycles. The second-order valence-electron chi connectivity index (χ2n) is 8.60. The summed E-state index contributed by atoms with van der Waals surface area (Å²) in [7, 11) is 0. The Morgan fingerprint density at radius 2 is 1.70 bits per heavy atom. The van der Waals surface area contributed by atoms with Crippen molar-refractivity contribution in [1.82, 2.24) is 4.90 Å². The molecule has 5 aliphatic rings. The fourth-order valence-electron chi connectivity index (χ4n) is 5.62. The quantitative estimate of drug-likeness (QED) is 0.660. The zero-order valence-electron chi connectivity index (χ0n) is 15.6. The van der Waals surface area contributed by atoms with Crippen LogP contribution in [-0.2, 0) is 14.4 Å². The lowest BCUT2D eigenvalue weighted by atomic mass is 9.63. The smallest absolute Gasteiger partial charge is 0.233 e. The Morgan fingerprint density at radius 3 is 2.30 bits per heavy atom. The Labute approximate surface area is 158 Å². The van der Waals surface area contributed by atoms with E-state index in [4.69, 9.17) is 0 Å². The van der Waals surface area contributed by atoms with Gasteiger partial charge in [-0.2, -0.15) is 0 Å². The van der Waals surface area contributed by atoms with Gasteiger partial charge in [-0.05, 0) is 55.6 Å². The molecule has 6 rings (SSSR count). The summed E-state index contributed by atoms with van der Waals surface area (Å²) in [4.78, 5) is 39.5. The average molecular weight is 364 g/mol. The van der Waals surface area contributed by atoms with Crippen LogP contribution in [-0.4, -0.2) is 29.2 Å². The molecule has 2 saturated carbocycles. The van der Waals surface area contributed by atoms with Crippen molar-refractivity contribution >= 4 is 23.4 Å². The molecule has 5 heteroatoms. The van der Waals surface area contributed by atoms with E-state index >= 15 is 0 Å². The first-order valence-corrected chi connectivity index (χ1v) is 9.86. The van der Waals surface area contributed by atoms with Crippen LogP contribution in [0.2, 0.25) is 0 Å². The molecule has 1 aromatic rings. The normalized spacial score (nSPS) is 35.3. The summed E-state index contributed by atoms with van der Waals surface area (Å²) in [5, 5.41) is 2.90. The maximum absolute atomic E-state index is 12.9. The number of carbonyl (C=O) groups excluding carboxylic acids is 3. The topological polar surface area (TPSA) is 66.5 Å². The second kappa shape index (κ2) is 5.78. The van der Waals surface area contributed by atoms with E-state index in [-0.39, 0.29) is 54.4 Å². The van der Waals surface area contributed by atoms with Crippen molar-refractivity contribution in [3.63, 3.8) is 0 Å². The maximum Gasteiger partial charge on any atom is 0.233 e. The van der Waals surface area contributed by atoms with Gasteiger partial charge in [-0.15, -0.1) is 0 Å². The summed E-state index contributed by atoms with van der Waals surface area (Å²) in [6.07, 6.45) is 5.64. The number of anilines is 1. The van der Waals surface area contributed by atoms with Crippen molar-refractivity contribution in [2.45, 2.75) is 26.7 Å². The molecule has 1 saturated heterocycles. The number of hydrogen-bond acceptors (Lipinski definition) is 3. The van der Waals surface area contributed by atoms with E-state index in [1.54, 1.807) is 0 Å². The van der Waals surface area contributed by atoms with Crippen molar-refractivity contribution in [2.24, 2.45) is 35.5 Å². The molecule has 1 N–H and O–H groups in total. The molecule has 27 heavy (non-hydrogen) atoms. The van der Waals surface area contributed by atoms with Gasteiger partial charge in [0.15, 0.2) is 0 Å². The molecule has 1 aromatic carbocycles. The van der Waals surface area contributed by atoms with E-state index in [1.807, 2.05) is 32.0 Å². The lowest BCUT2D eigenvalue weighted by Gasteiger charge is -2.37. The third-order valence-electron chi connectivity index (χ3n) is 6.97. The van der Waals surface area contributed by atoms with E-state index in [0.717, 1.165) is 23.2 Å². The summed E-state index contributed by atoms with van der Waals surface area (Å²) in [5.41, 5.74) is 2.92. The summed E-state index contributed by atoms with van der Waals surface area (Å²) < 4.78 is 0. The number of amides is 3. The zero-order valence-corrected chi connectivity index (χ0v) is 15.6. The van der Waals surface area contributed by atoms with Gasteiger partial charge in [0, 0.05) is 18.7 Å². The molecule has 3 fully saturated rings. The fraction of sp³-hybridized carbons (Fsp3) is 0.500. The minimum atomic E-state index is -0.182. The van der Waals surface area contributed by atoms with Crippen molar-refractivity contribution in [2.75, 3.05) is 11.9 Å². The number of aryl methyl sites for hydroxylation is 2. The molecule has 0 spiro atoms. The summed E-state index contributed by atoms with van der Waals surface area (Å²) in [5.74, 6) is 1.02. The first-order valence-electron chi connectivity index (χ1n) is 9.86. The summed E-state index contributed by atoms with van der Waals surface area (Å²) in [6.45, 7) is 4.14. The van der Waals surface area contributed by atoms with E-state index < -0.39 is 0 Å². The Morgan fingerprint density at radius 1 is 1.07 bits per heavy atom. The molecule has 1 heterocycles. The molecule has 5 nitrogen and oxygen atoms in total. The maximum atomic E-state index is 12.9. The van der Waals surface area contributed by atoms with E-state index in [2.05, 4.69) is 17.5 Å². The first-order chi connectivity index (χ1) is 13.0. The number of carbonyl (C=O) groups is 3. The Balaban J connectivity index is 1.25. The minimum Gasteiger partial charge on any atom is -0.326 e. The van der Waals surface area contributed by atoms with Crippen molar-refractivity contribution < 1.29 is 14.4 Å². The Kier molecular flexibility index (Phi) is 3.58. The molecule has 140 valence electrons. The van der Waals surface area contributed by atoms with Crippen LogP contribution in [0.25, 0.3) is 0 Å². The van der Waals surface area contributed by atoms with Gasteiger partial charge in [0.2, 0.25) is 17.7 Å². The molecule has 3 amide bonds. The molecule has 6 atom stereocenters. The van der Waals surface area contributed by atoms with Crippen LogP contribution >= 0.6 is 0 Å². The highest BCUT2D eigenvalue weighted by molar-refractivity contribution is 6.06. The lowest BCUT2D eigenvalue weighted by Crippen LogP contribution is -2.40. The molecular formula is C22H24N2O3. The number of nitrogens with zero attached hydrogens (tertiary/aromatic N) is 1. The molecular weight excluding hydrogens is 340 g/mol. The van der Waals surface area contributed by atoms with Crippen molar-refractivity contribution in [1.29, 1.82) is 0 Å². The zero-order chi connectivity index (χ0) is 18.9. The number of rotatable bonds is 4. The van der Waals surface area contributed by atoms with Gasteiger partial charge in [-0.1, -0.05) is 29.8 Å². The molecule has 1 aliphatic heterocycles. The Hall–Kier alpha value is -2.43. The minimum absolute atomic E-state index is 0.0611. The molecule has 4 aliphatic carbocycles. The number of nitrogens with one attached hydrogen (secondary N) is 1. The predicted octanol–water partition coefficient (Wildman–Crippen LogP) is 2.69. The van der Waals surface area contributed by atoms with E-state index in [0.29, 0.717) is 11.8 Å². The van der Waals surface area contributed by atoms with Gasteiger partial charge in [-0.25, -0.2) is 0 Å². The Bertz CT molecular complexity index is 854. The van der Waals surface area contributed by atoms with Gasteiger partial charge < -0.3 is 5.32 Å². The highest BCUT2D eigenvalue weighted by Gasteiger charge is 2.66. The number of imide groups is 1. The largest absolute Gasteiger partial charge is 0.326 e. The number of hydrogen-bond donors (Lipinski definition) is 1. The number of allylic oxidation sites excluding steroid dienone is 2. The first kappa shape index (κ1) is 16.7. The van der Waals surface area contributed by atoms with E-state index in [9.17, 15) is 14.4 Å². The SMILES string of the molecule is Cc1ccc(NC(=O)CCN2C(=O)[C@@H]3[C@H]4C=C[C@H]([C@H]5C[C@H]45)[C@@H]3C2=O)c(C)c1. The van der Waals surface area contributed by atoms with Crippen LogP contribution in [0.5, 0.6) is 0 Å². The fourth-order valence-corrected chi connectivity index (χ4v) is 5.62. The second-order valence-corrected chi connectivity index (χ2v) is 8.60. The highest BCUT2D eigenvalue weighted by atomic mass is 16.2. The predicted molar refractivity (Wildman–Crippen MR) is 101 cm³/mol. The molecule has 2 bridgehead atoms. The monoisotopic (exact) mass is 364 g/mol. The third-order valence-corrected chi connectivity index (χ3v) is 6.97. The summed E-state index contributed by atoms with van der Waals surface area (Å²) >= 11 is 0. The number of likely N-dealkylation sites (tertiary alicyclic amines) is 1. The van der Waals surface area contributed by atoms with Gasteiger partial charge >= 0.3 is 0 Å². The van der Waals surface area contributed by atoms with Crippen LogP contribution in [0.4, 0.5) is 5.69 Å². The van der Waals surface area contributed by atoms with Crippen LogP contribution in [0, 0.1) is 49.4 Å². The number of benzene rings is 1. The van der Waals surface area contributed by atoms with Crippen LogP contribution in [0.1, 0.15) is 24.0 Å².